The number of hydrogen-bond donors (Lipinski definition) is 0. The summed E-state index contributed by atoms with van der Waals surface area (Å²) in [7, 11) is 0. The fraction of sp³-hybridized carbons (Fsp3) is 0.333. The first-order valence-electron chi connectivity index (χ1n) is 2.87. The van der Waals surface area contributed by atoms with E-state index in [2.05, 4.69) is 5.10 Å². The predicted molar refractivity (Wildman–Crippen MR) is 38.0 cm³/mol. The lowest BCUT2D eigenvalue weighted by molar-refractivity contribution is -0.108. The Morgan fingerprint density at radius 2 is 2.60 bits per heavy atom. The van der Waals surface area contributed by atoms with Gasteiger partial charge in [0.05, 0.1) is 17.3 Å². The number of aromatic nitrogens is 2. The molecule has 1 heterocycles. The number of hydrogen-bond acceptors (Lipinski definition) is 2. The van der Waals surface area contributed by atoms with Gasteiger partial charge >= 0.3 is 0 Å². The van der Waals surface area contributed by atoms with Crippen LogP contribution in [-0.2, 0) is 11.3 Å². The van der Waals surface area contributed by atoms with Crippen molar-refractivity contribution in [3.63, 3.8) is 0 Å². The van der Waals surface area contributed by atoms with Crippen LogP contribution in [0.3, 0.4) is 0 Å². The SMILES string of the molecule is Cc1nn(CC=O)cc1Cl. The second-order valence-corrected chi connectivity index (χ2v) is 2.36. The molecule has 0 saturated carbocycles. The summed E-state index contributed by atoms with van der Waals surface area (Å²) in [5.41, 5.74) is 0.753. The van der Waals surface area contributed by atoms with Crippen molar-refractivity contribution in [3.8, 4) is 0 Å². The second kappa shape index (κ2) is 2.84. The smallest absolute Gasteiger partial charge is 0.141 e. The largest absolute Gasteiger partial charge is 0.301 e. The molecule has 0 radical (unpaired) electrons. The minimum absolute atomic E-state index is 0.271. The molecule has 0 spiro atoms. The third kappa shape index (κ3) is 1.36. The highest BCUT2D eigenvalue weighted by Crippen LogP contribution is 2.10. The maximum absolute atomic E-state index is 9.99. The molecule has 0 N–H and O–H groups in total. The Kier molecular flexibility index (Phi) is 2.06. The molecule has 0 fully saturated rings. The summed E-state index contributed by atoms with van der Waals surface area (Å²) in [4.78, 5) is 9.99. The second-order valence-electron chi connectivity index (χ2n) is 1.95. The van der Waals surface area contributed by atoms with E-state index in [1.165, 1.54) is 4.68 Å². The lowest BCUT2D eigenvalue weighted by Gasteiger charge is -1.88. The monoisotopic (exact) mass is 158 g/mol. The average molecular weight is 159 g/mol. The first kappa shape index (κ1) is 7.28. The van der Waals surface area contributed by atoms with Crippen LogP contribution in [0.4, 0.5) is 0 Å². The highest BCUT2D eigenvalue weighted by molar-refractivity contribution is 6.31. The molecular weight excluding hydrogens is 152 g/mol. The first-order chi connectivity index (χ1) is 4.74. The summed E-state index contributed by atoms with van der Waals surface area (Å²) in [6.45, 7) is 2.07. The summed E-state index contributed by atoms with van der Waals surface area (Å²) in [6, 6.07) is 0. The summed E-state index contributed by atoms with van der Waals surface area (Å²) in [5.74, 6) is 0. The molecular formula is C6H7ClN2O. The molecule has 1 aromatic heterocycles. The Morgan fingerprint density at radius 3 is 3.00 bits per heavy atom. The van der Waals surface area contributed by atoms with Gasteiger partial charge in [0, 0.05) is 6.20 Å². The normalized spacial score (nSPS) is 9.80. The number of aryl methyl sites for hydroxylation is 1. The Bertz CT molecular complexity index is 224. The fourth-order valence-electron chi connectivity index (χ4n) is 0.663. The molecule has 0 aromatic carbocycles. The van der Waals surface area contributed by atoms with Crippen LogP contribution in [0.5, 0.6) is 0 Å². The van der Waals surface area contributed by atoms with Gasteiger partial charge in [-0.15, -0.1) is 0 Å². The third-order valence-electron chi connectivity index (χ3n) is 1.15. The highest BCUT2D eigenvalue weighted by atomic mass is 35.5. The van der Waals surface area contributed by atoms with Crippen LogP contribution in [0.15, 0.2) is 6.20 Å². The van der Waals surface area contributed by atoms with Gasteiger partial charge in [0.1, 0.15) is 6.29 Å². The summed E-state index contributed by atoms with van der Waals surface area (Å²) < 4.78 is 1.50. The Balaban J connectivity index is 2.86. The van der Waals surface area contributed by atoms with Gasteiger partial charge in [0.15, 0.2) is 0 Å². The van der Waals surface area contributed by atoms with Gasteiger partial charge in [-0.3, -0.25) is 4.68 Å². The number of nitrogens with zero attached hydrogens (tertiary/aromatic N) is 2. The van der Waals surface area contributed by atoms with E-state index in [1.54, 1.807) is 13.1 Å². The van der Waals surface area contributed by atoms with E-state index in [4.69, 9.17) is 11.6 Å². The zero-order valence-electron chi connectivity index (χ0n) is 5.54. The van der Waals surface area contributed by atoms with Crippen LogP contribution in [0.2, 0.25) is 5.02 Å². The molecule has 0 bridgehead atoms. The van der Waals surface area contributed by atoms with E-state index in [9.17, 15) is 4.79 Å². The zero-order valence-corrected chi connectivity index (χ0v) is 6.30. The predicted octanol–water partition coefficient (Wildman–Crippen LogP) is 1.04. The lowest BCUT2D eigenvalue weighted by atomic mass is 10.5. The minimum Gasteiger partial charge on any atom is -0.301 e. The Morgan fingerprint density at radius 1 is 1.90 bits per heavy atom. The molecule has 4 heteroatoms. The summed E-state index contributed by atoms with van der Waals surface area (Å²) >= 11 is 5.67. The van der Waals surface area contributed by atoms with Crippen molar-refractivity contribution in [1.29, 1.82) is 0 Å². The average Bonchev–Trinajstić information content (AvgIpc) is 2.14. The third-order valence-corrected chi connectivity index (χ3v) is 1.52. The van der Waals surface area contributed by atoms with Gasteiger partial charge < -0.3 is 4.79 Å². The quantitative estimate of drug-likeness (QED) is 0.603. The van der Waals surface area contributed by atoms with Gasteiger partial charge in [0.2, 0.25) is 0 Å². The molecule has 0 unspecified atom stereocenters. The van der Waals surface area contributed by atoms with Crippen LogP contribution < -0.4 is 0 Å². The van der Waals surface area contributed by atoms with Crippen LogP contribution in [0, 0.1) is 6.92 Å². The van der Waals surface area contributed by atoms with E-state index >= 15 is 0 Å². The van der Waals surface area contributed by atoms with Crippen LogP contribution in [-0.4, -0.2) is 16.1 Å². The lowest BCUT2D eigenvalue weighted by Crippen LogP contribution is -1.98. The van der Waals surface area contributed by atoms with E-state index in [1.807, 2.05) is 0 Å². The standard InChI is InChI=1S/C6H7ClN2O/c1-5-6(7)4-9(8-5)2-3-10/h3-4H,2H2,1H3. The van der Waals surface area contributed by atoms with Gasteiger partial charge in [-0.1, -0.05) is 11.6 Å². The molecule has 1 rings (SSSR count). The Hall–Kier alpha value is -0.830. The molecule has 0 atom stereocenters. The number of carbonyl (C=O) groups excluding carboxylic acids is 1. The van der Waals surface area contributed by atoms with Gasteiger partial charge in [-0.25, -0.2) is 0 Å². The van der Waals surface area contributed by atoms with E-state index < -0.39 is 0 Å². The first-order valence-corrected chi connectivity index (χ1v) is 3.25. The number of rotatable bonds is 2. The van der Waals surface area contributed by atoms with Crippen molar-refractivity contribution >= 4 is 17.9 Å². The van der Waals surface area contributed by atoms with Crippen molar-refractivity contribution in [1.82, 2.24) is 9.78 Å². The van der Waals surface area contributed by atoms with Crippen molar-refractivity contribution < 1.29 is 4.79 Å². The molecule has 0 amide bonds. The minimum atomic E-state index is 0.271. The number of aldehydes is 1. The maximum atomic E-state index is 9.99. The van der Waals surface area contributed by atoms with Crippen LogP contribution in [0.1, 0.15) is 5.69 Å². The zero-order chi connectivity index (χ0) is 7.56. The molecule has 0 aliphatic heterocycles. The van der Waals surface area contributed by atoms with Crippen LogP contribution >= 0.6 is 11.6 Å². The molecule has 54 valence electrons. The van der Waals surface area contributed by atoms with Crippen molar-refractivity contribution in [2.75, 3.05) is 0 Å². The van der Waals surface area contributed by atoms with Gasteiger partial charge in [0.25, 0.3) is 0 Å². The highest BCUT2D eigenvalue weighted by Gasteiger charge is 1.99. The summed E-state index contributed by atoms with van der Waals surface area (Å²) in [6.07, 6.45) is 2.41. The van der Waals surface area contributed by atoms with E-state index in [0.717, 1.165) is 12.0 Å². The van der Waals surface area contributed by atoms with Crippen molar-refractivity contribution in [2.24, 2.45) is 0 Å². The molecule has 3 nitrogen and oxygen atoms in total. The van der Waals surface area contributed by atoms with Crippen molar-refractivity contribution in [3.05, 3.63) is 16.9 Å². The van der Waals surface area contributed by atoms with Gasteiger partial charge in [-0.05, 0) is 6.92 Å². The number of carbonyl (C=O) groups is 1. The van der Waals surface area contributed by atoms with Crippen molar-refractivity contribution in [2.45, 2.75) is 13.5 Å². The molecule has 0 aliphatic carbocycles. The maximum Gasteiger partial charge on any atom is 0.141 e. The fourth-order valence-corrected chi connectivity index (χ4v) is 0.814. The van der Waals surface area contributed by atoms with E-state index in [-0.39, 0.29) is 6.54 Å². The molecule has 0 aliphatic rings. The number of halogens is 1. The molecule has 10 heavy (non-hydrogen) atoms. The van der Waals surface area contributed by atoms with Crippen LogP contribution in [0.25, 0.3) is 0 Å². The Labute approximate surface area is 63.6 Å². The summed E-state index contributed by atoms with van der Waals surface area (Å²) in [5, 5.41) is 4.55. The molecule has 0 saturated heterocycles. The molecule has 1 aromatic rings. The van der Waals surface area contributed by atoms with Gasteiger partial charge in [-0.2, -0.15) is 5.10 Å². The topological polar surface area (TPSA) is 34.9 Å². The van der Waals surface area contributed by atoms with E-state index in [0.29, 0.717) is 5.02 Å².